The van der Waals surface area contributed by atoms with E-state index in [2.05, 4.69) is 34.3 Å². The van der Waals surface area contributed by atoms with Crippen molar-refractivity contribution >= 4 is 5.82 Å². The summed E-state index contributed by atoms with van der Waals surface area (Å²) in [7, 11) is 0. The van der Waals surface area contributed by atoms with E-state index in [1.807, 2.05) is 24.5 Å². The van der Waals surface area contributed by atoms with Gasteiger partial charge in [-0.1, -0.05) is 6.92 Å². The zero-order valence-corrected chi connectivity index (χ0v) is 11.9. The molecule has 20 heavy (non-hydrogen) atoms. The van der Waals surface area contributed by atoms with Gasteiger partial charge >= 0.3 is 0 Å². The number of nitrogens with two attached hydrogens (primary N) is 1. The van der Waals surface area contributed by atoms with Crippen LogP contribution in [0.15, 0.2) is 42.9 Å². The van der Waals surface area contributed by atoms with Gasteiger partial charge in [-0.3, -0.25) is 4.98 Å². The predicted octanol–water partition coefficient (Wildman–Crippen LogP) is 2.21. The van der Waals surface area contributed by atoms with Crippen molar-refractivity contribution in [2.45, 2.75) is 32.2 Å². The molecule has 0 bridgehead atoms. The molecule has 0 saturated carbocycles. The topological polar surface area (TPSA) is 63.8 Å². The van der Waals surface area contributed by atoms with Crippen LogP contribution in [0.5, 0.6) is 0 Å². The average molecular weight is 270 g/mol. The van der Waals surface area contributed by atoms with Crippen LogP contribution in [0, 0.1) is 0 Å². The van der Waals surface area contributed by atoms with E-state index in [1.165, 1.54) is 11.1 Å². The standard InChI is InChI=1S/C16H22N4/c1-2-6-19-15(10-13-3-7-18-8-4-13)11-14-5-9-20-16(17)12-14/h3-5,7-9,12,15,19H,2,6,10-11H2,1H3,(H2,17,20). The van der Waals surface area contributed by atoms with Crippen molar-refractivity contribution in [3.05, 3.63) is 54.0 Å². The van der Waals surface area contributed by atoms with E-state index in [0.717, 1.165) is 25.8 Å². The fraction of sp³-hybridized carbons (Fsp3) is 0.375. The highest BCUT2D eigenvalue weighted by Crippen LogP contribution is 2.10. The largest absolute Gasteiger partial charge is 0.384 e. The van der Waals surface area contributed by atoms with Crippen LogP contribution >= 0.6 is 0 Å². The van der Waals surface area contributed by atoms with Crippen LogP contribution in [-0.4, -0.2) is 22.6 Å². The lowest BCUT2D eigenvalue weighted by Crippen LogP contribution is -2.33. The summed E-state index contributed by atoms with van der Waals surface area (Å²) in [5, 5.41) is 3.60. The predicted molar refractivity (Wildman–Crippen MR) is 82.4 cm³/mol. The Kier molecular flexibility index (Phi) is 5.50. The van der Waals surface area contributed by atoms with Crippen molar-refractivity contribution in [3.8, 4) is 0 Å². The Morgan fingerprint density at radius 3 is 2.50 bits per heavy atom. The second-order valence-corrected chi connectivity index (χ2v) is 5.00. The van der Waals surface area contributed by atoms with Crippen molar-refractivity contribution in [1.82, 2.24) is 15.3 Å². The zero-order chi connectivity index (χ0) is 14.2. The van der Waals surface area contributed by atoms with Gasteiger partial charge in [0.25, 0.3) is 0 Å². The first-order valence-electron chi connectivity index (χ1n) is 7.10. The van der Waals surface area contributed by atoms with Crippen molar-refractivity contribution in [3.63, 3.8) is 0 Å². The maximum absolute atomic E-state index is 5.75. The number of hydrogen-bond donors (Lipinski definition) is 2. The van der Waals surface area contributed by atoms with Gasteiger partial charge in [0.1, 0.15) is 5.82 Å². The lowest BCUT2D eigenvalue weighted by molar-refractivity contribution is 0.504. The van der Waals surface area contributed by atoms with E-state index >= 15 is 0 Å². The summed E-state index contributed by atoms with van der Waals surface area (Å²) in [6.07, 6.45) is 8.53. The highest BCUT2D eigenvalue weighted by molar-refractivity contribution is 5.32. The molecule has 4 heteroatoms. The van der Waals surface area contributed by atoms with Gasteiger partial charge < -0.3 is 11.1 Å². The van der Waals surface area contributed by atoms with Crippen molar-refractivity contribution in [2.24, 2.45) is 0 Å². The molecule has 4 nitrogen and oxygen atoms in total. The Balaban J connectivity index is 2.03. The number of aromatic nitrogens is 2. The van der Waals surface area contributed by atoms with Crippen LogP contribution in [0.4, 0.5) is 5.82 Å². The van der Waals surface area contributed by atoms with Gasteiger partial charge in [0.05, 0.1) is 0 Å². The molecule has 2 rings (SSSR count). The Morgan fingerprint density at radius 2 is 1.80 bits per heavy atom. The second-order valence-electron chi connectivity index (χ2n) is 5.00. The average Bonchev–Trinajstić information content (AvgIpc) is 2.46. The fourth-order valence-corrected chi connectivity index (χ4v) is 2.27. The van der Waals surface area contributed by atoms with Gasteiger partial charge in [-0.25, -0.2) is 4.98 Å². The molecular weight excluding hydrogens is 248 g/mol. The van der Waals surface area contributed by atoms with Gasteiger partial charge in [-0.05, 0) is 61.2 Å². The molecule has 1 atom stereocenters. The monoisotopic (exact) mass is 270 g/mol. The first kappa shape index (κ1) is 14.5. The summed E-state index contributed by atoms with van der Waals surface area (Å²) in [5.74, 6) is 0.584. The molecule has 0 aromatic carbocycles. The molecule has 0 fully saturated rings. The van der Waals surface area contributed by atoms with Crippen LogP contribution in [0.2, 0.25) is 0 Å². The number of nitrogen functional groups attached to an aromatic ring is 1. The molecule has 0 aliphatic carbocycles. The summed E-state index contributed by atoms with van der Waals surface area (Å²) in [6, 6.07) is 8.53. The Labute approximate surface area is 120 Å². The van der Waals surface area contributed by atoms with E-state index in [0.29, 0.717) is 11.9 Å². The maximum Gasteiger partial charge on any atom is 0.123 e. The van der Waals surface area contributed by atoms with E-state index in [9.17, 15) is 0 Å². The van der Waals surface area contributed by atoms with E-state index < -0.39 is 0 Å². The molecule has 3 N–H and O–H groups in total. The molecule has 2 heterocycles. The van der Waals surface area contributed by atoms with Crippen molar-refractivity contribution in [2.75, 3.05) is 12.3 Å². The van der Waals surface area contributed by atoms with Gasteiger partial charge in [0, 0.05) is 24.6 Å². The lowest BCUT2D eigenvalue weighted by atomic mass is 10.00. The third-order valence-corrected chi connectivity index (χ3v) is 3.24. The third kappa shape index (κ3) is 4.63. The normalized spacial score (nSPS) is 12.2. The minimum atomic E-state index is 0.402. The zero-order valence-electron chi connectivity index (χ0n) is 11.9. The van der Waals surface area contributed by atoms with Gasteiger partial charge in [-0.15, -0.1) is 0 Å². The molecule has 0 saturated heterocycles. The maximum atomic E-state index is 5.75. The highest BCUT2D eigenvalue weighted by Gasteiger charge is 2.10. The molecule has 0 amide bonds. The van der Waals surface area contributed by atoms with E-state index in [1.54, 1.807) is 6.20 Å². The molecule has 106 valence electrons. The lowest BCUT2D eigenvalue weighted by Gasteiger charge is -2.19. The quantitative estimate of drug-likeness (QED) is 0.809. The number of pyridine rings is 2. The number of nitrogens with zero attached hydrogens (tertiary/aromatic N) is 2. The second kappa shape index (κ2) is 7.60. The summed E-state index contributed by atoms with van der Waals surface area (Å²) in [4.78, 5) is 8.11. The minimum absolute atomic E-state index is 0.402. The van der Waals surface area contributed by atoms with Gasteiger partial charge in [0.2, 0.25) is 0 Å². The highest BCUT2D eigenvalue weighted by atomic mass is 14.9. The van der Waals surface area contributed by atoms with Crippen LogP contribution in [0.25, 0.3) is 0 Å². The molecule has 0 aliphatic heterocycles. The van der Waals surface area contributed by atoms with Crippen LogP contribution in [0.3, 0.4) is 0 Å². The summed E-state index contributed by atoms with van der Waals surface area (Å²) < 4.78 is 0. The van der Waals surface area contributed by atoms with Gasteiger partial charge in [0.15, 0.2) is 0 Å². The SMILES string of the molecule is CCCNC(Cc1ccncc1)Cc1ccnc(N)c1. The Bertz CT molecular complexity index is 513. The van der Waals surface area contributed by atoms with Crippen molar-refractivity contribution < 1.29 is 0 Å². The summed E-state index contributed by atoms with van der Waals surface area (Å²) >= 11 is 0. The molecule has 0 radical (unpaired) electrons. The van der Waals surface area contributed by atoms with E-state index in [4.69, 9.17) is 5.73 Å². The molecular formula is C16H22N4. The molecule has 2 aromatic heterocycles. The Hall–Kier alpha value is -1.94. The van der Waals surface area contributed by atoms with E-state index in [-0.39, 0.29) is 0 Å². The van der Waals surface area contributed by atoms with Crippen LogP contribution < -0.4 is 11.1 Å². The molecule has 0 aliphatic rings. The van der Waals surface area contributed by atoms with Gasteiger partial charge in [-0.2, -0.15) is 0 Å². The molecule has 0 spiro atoms. The first-order valence-corrected chi connectivity index (χ1v) is 7.10. The summed E-state index contributed by atoms with van der Waals surface area (Å²) in [5.41, 5.74) is 8.27. The number of anilines is 1. The first-order chi connectivity index (χ1) is 9.78. The Morgan fingerprint density at radius 1 is 1.10 bits per heavy atom. The van der Waals surface area contributed by atoms with Crippen LogP contribution in [-0.2, 0) is 12.8 Å². The third-order valence-electron chi connectivity index (χ3n) is 3.24. The molecule has 2 aromatic rings. The molecule has 1 unspecified atom stereocenters. The number of rotatable bonds is 7. The minimum Gasteiger partial charge on any atom is -0.384 e. The number of nitrogens with one attached hydrogen (secondary N) is 1. The van der Waals surface area contributed by atoms with Crippen LogP contribution in [0.1, 0.15) is 24.5 Å². The van der Waals surface area contributed by atoms with Crippen molar-refractivity contribution in [1.29, 1.82) is 0 Å². The smallest absolute Gasteiger partial charge is 0.123 e. The fourth-order valence-electron chi connectivity index (χ4n) is 2.27. The number of hydrogen-bond acceptors (Lipinski definition) is 4. The summed E-state index contributed by atoms with van der Waals surface area (Å²) in [6.45, 7) is 3.21.